The third-order valence-electron chi connectivity index (χ3n) is 2.32. The zero-order valence-electron chi connectivity index (χ0n) is 10.4. The zero-order chi connectivity index (χ0) is 13.5. The van der Waals surface area contributed by atoms with E-state index >= 15 is 0 Å². The van der Waals surface area contributed by atoms with Gasteiger partial charge in [0.15, 0.2) is 0 Å². The molecule has 0 aliphatic rings. The molecular weight excluding hydrogens is 242 g/mol. The first-order valence-corrected chi connectivity index (χ1v) is 5.75. The van der Waals surface area contributed by atoms with Gasteiger partial charge in [0.1, 0.15) is 5.71 Å². The van der Waals surface area contributed by atoms with E-state index < -0.39 is 6.09 Å². The molecule has 0 radical (unpaired) electrons. The van der Waals surface area contributed by atoms with E-state index in [1.165, 1.54) is 0 Å². The highest BCUT2D eigenvalue weighted by atomic mass is 16.7. The molecule has 0 atom stereocenters. The van der Waals surface area contributed by atoms with E-state index in [1.807, 2.05) is 24.3 Å². The third kappa shape index (κ3) is 3.92. The number of hydrogen-bond acceptors (Lipinski definition) is 4. The van der Waals surface area contributed by atoms with Crippen LogP contribution in [-0.4, -0.2) is 16.8 Å². The van der Waals surface area contributed by atoms with E-state index in [0.717, 1.165) is 0 Å². The van der Waals surface area contributed by atoms with Crippen molar-refractivity contribution in [1.82, 2.24) is 4.98 Å². The Kier molecular flexibility index (Phi) is 4.23. The van der Waals surface area contributed by atoms with Crippen molar-refractivity contribution in [2.45, 2.75) is 6.92 Å². The van der Waals surface area contributed by atoms with E-state index in [1.54, 1.807) is 37.4 Å². The Morgan fingerprint density at radius 1 is 1.16 bits per heavy atom. The van der Waals surface area contributed by atoms with Gasteiger partial charge in [0, 0.05) is 11.9 Å². The SMILES string of the molecule is C/C(=N\OC(=O)Nc1ccccc1)c1ccccn1. The molecule has 0 bridgehead atoms. The van der Waals surface area contributed by atoms with Gasteiger partial charge in [0.05, 0.1) is 5.69 Å². The minimum atomic E-state index is -0.638. The second-order valence-corrected chi connectivity index (χ2v) is 3.76. The van der Waals surface area contributed by atoms with Crippen molar-refractivity contribution in [1.29, 1.82) is 0 Å². The van der Waals surface area contributed by atoms with Crippen LogP contribution >= 0.6 is 0 Å². The Hall–Kier alpha value is -2.69. The molecule has 0 unspecified atom stereocenters. The number of oxime groups is 1. The number of rotatable bonds is 3. The predicted molar refractivity (Wildman–Crippen MR) is 73.0 cm³/mol. The van der Waals surface area contributed by atoms with Crippen LogP contribution in [0.25, 0.3) is 0 Å². The number of benzene rings is 1. The first kappa shape index (κ1) is 12.8. The molecule has 1 aromatic heterocycles. The van der Waals surface area contributed by atoms with Crippen LogP contribution in [0.3, 0.4) is 0 Å². The number of aromatic nitrogens is 1. The second kappa shape index (κ2) is 6.30. The van der Waals surface area contributed by atoms with Gasteiger partial charge in [-0.15, -0.1) is 0 Å². The largest absolute Gasteiger partial charge is 0.437 e. The molecule has 0 saturated carbocycles. The number of pyridine rings is 1. The molecule has 2 rings (SSSR count). The van der Waals surface area contributed by atoms with Crippen molar-refractivity contribution in [3.63, 3.8) is 0 Å². The first-order chi connectivity index (χ1) is 9.25. The highest BCUT2D eigenvalue weighted by molar-refractivity contribution is 5.97. The summed E-state index contributed by atoms with van der Waals surface area (Å²) in [6, 6.07) is 14.4. The van der Waals surface area contributed by atoms with Gasteiger partial charge in [-0.1, -0.05) is 29.4 Å². The number of carbonyl (C=O) groups excluding carboxylic acids is 1. The lowest BCUT2D eigenvalue weighted by Crippen LogP contribution is -2.12. The number of carbonyl (C=O) groups is 1. The maximum Gasteiger partial charge on any atom is 0.437 e. The van der Waals surface area contributed by atoms with Gasteiger partial charge in [-0.2, -0.15) is 0 Å². The van der Waals surface area contributed by atoms with Gasteiger partial charge in [-0.3, -0.25) is 15.1 Å². The molecule has 1 heterocycles. The molecule has 0 fully saturated rings. The third-order valence-corrected chi connectivity index (χ3v) is 2.32. The summed E-state index contributed by atoms with van der Waals surface area (Å²) in [5.74, 6) is 0. The highest BCUT2D eigenvalue weighted by Crippen LogP contribution is 2.05. The first-order valence-electron chi connectivity index (χ1n) is 5.75. The summed E-state index contributed by atoms with van der Waals surface area (Å²) in [4.78, 5) is 20.3. The molecule has 19 heavy (non-hydrogen) atoms. The normalized spacial score (nSPS) is 10.9. The molecule has 1 N–H and O–H groups in total. The van der Waals surface area contributed by atoms with Gasteiger partial charge in [-0.05, 0) is 31.2 Å². The quantitative estimate of drug-likeness (QED) is 0.521. The maximum absolute atomic E-state index is 11.5. The van der Waals surface area contributed by atoms with Crippen LogP contribution in [0.2, 0.25) is 0 Å². The van der Waals surface area contributed by atoms with E-state index in [-0.39, 0.29) is 0 Å². The van der Waals surface area contributed by atoms with Crippen molar-refractivity contribution >= 4 is 17.5 Å². The lowest BCUT2D eigenvalue weighted by Gasteiger charge is -2.03. The molecule has 0 aliphatic heterocycles. The van der Waals surface area contributed by atoms with Crippen LogP contribution < -0.4 is 5.32 Å². The molecule has 5 nitrogen and oxygen atoms in total. The smallest absolute Gasteiger partial charge is 0.297 e. The van der Waals surface area contributed by atoms with Crippen LogP contribution in [0.5, 0.6) is 0 Å². The average molecular weight is 255 g/mol. The molecule has 0 aliphatic carbocycles. The molecule has 0 spiro atoms. The lowest BCUT2D eigenvalue weighted by atomic mass is 10.3. The Balaban J connectivity index is 1.93. The monoisotopic (exact) mass is 255 g/mol. The number of nitrogens with zero attached hydrogens (tertiary/aromatic N) is 2. The minimum absolute atomic E-state index is 0.531. The standard InChI is InChI=1S/C14H13N3O2/c1-11(13-9-5-6-10-15-13)17-19-14(18)16-12-7-3-2-4-8-12/h2-10H,1H3,(H,16,18)/b17-11+. The molecule has 1 amide bonds. The number of hydrogen-bond donors (Lipinski definition) is 1. The van der Waals surface area contributed by atoms with Crippen molar-refractivity contribution in [2.75, 3.05) is 5.32 Å². The minimum Gasteiger partial charge on any atom is -0.297 e. The van der Waals surface area contributed by atoms with Crippen molar-refractivity contribution in [3.8, 4) is 0 Å². The fourth-order valence-corrected chi connectivity index (χ4v) is 1.40. The molecule has 1 aromatic carbocycles. The number of anilines is 1. The van der Waals surface area contributed by atoms with Crippen LogP contribution in [0, 0.1) is 0 Å². The maximum atomic E-state index is 11.5. The van der Waals surface area contributed by atoms with Crippen molar-refractivity contribution < 1.29 is 9.63 Å². The fraction of sp³-hybridized carbons (Fsp3) is 0.0714. The summed E-state index contributed by atoms with van der Waals surface area (Å²) in [5, 5.41) is 6.29. The van der Waals surface area contributed by atoms with Crippen LogP contribution in [0.1, 0.15) is 12.6 Å². The van der Waals surface area contributed by atoms with Gasteiger partial charge < -0.3 is 0 Å². The van der Waals surface area contributed by atoms with Crippen LogP contribution in [0.15, 0.2) is 59.9 Å². The highest BCUT2D eigenvalue weighted by Gasteiger charge is 2.04. The van der Waals surface area contributed by atoms with Gasteiger partial charge in [-0.25, -0.2) is 4.79 Å². The summed E-state index contributed by atoms with van der Waals surface area (Å²) in [6.45, 7) is 1.72. The summed E-state index contributed by atoms with van der Waals surface area (Å²) >= 11 is 0. The second-order valence-electron chi connectivity index (χ2n) is 3.76. The van der Waals surface area contributed by atoms with E-state index in [9.17, 15) is 4.79 Å². The molecule has 2 aromatic rings. The fourth-order valence-electron chi connectivity index (χ4n) is 1.40. The van der Waals surface area contributed by atoms with Crippen molar-refractivity contribution in [3.05, 3.63) is 60.4 Å². The average Bonchev–Trinajstić information content (AvgIpc) is 2.47. The van der Waals surface area contributed by atoms with Crippen LogP contribution in [-0.2, 0) is 4.84 Å². The van der Waals surface area contributed by atoms with Gasteiger partial charge >= 0.3 is 6.09 Å². The van der Waals surface area contributed by atoms with Crippen molar-refractivity contribution in [2.24, 2.45) is 5.16 Å². The molecule has 0 saturated heterocycles. The van der Waals surface area contributed by atoms with E-state index in [2.05, 4.69) is 15.5 Å². The van der Waals surface area contributed by atoms with E-state index in [0.29, 0.717) is 17.1 Å². The van der Waals surface area contributed by atoms with E-state index in [4.69, 9.17) is 4.84 Å². The van der Waals surface area contributed by atoms with Gasteiger partial charge in [0.2, 0.25) is 0 Å². The summed E-state index contributed by atoms with van der Waals surface area (Å²) < 4.78 is 0. The molecule has 96 valence electrons. The number of para-hydroxylation sites is 1. The Labute approximate surface area is 110 Å². The molecular formula is C14H13N3O2. The number of nitrogens with one attached hydrogen (secondary N) is 1. The molecule has 5 heteroatoms. The predicted octanol–water partition coefficient (Wildman–Crippen LogP) is 3.05. The topological polar surface area (TPSA) is 63.6 Å². The Bertz CT molecular complexity index is 568. The zero-order valence-corrected chi connectivity index (χ0v) is 10.4. The number of amides is 1. The van der Waals surface area contributed by atoms with Crippen LogP contribution in [0.4, 0.5) is 10.5 Å². The summed E-state index contributed by atoms with van der Waals surface area (Å²) in [6.07, 6.45) is 1.01. The lowest BCUT2D eigenvalue weighted by molar-refractivity contribution is 0.166. The summed E-state index contributed by atoms with van der Waals surface area (Å²) in [5.41, 5.74) is 1.84. The summed E-state index contributed by atoms with van der Waals surface area (Å²) in [7, 11) is 0. The Morgan fingerprint density at radius 3 is 2.58 bits per heavy atom. The van der Waals surface area contributed by atoms with Gasteiger partial charge in [0.25, 0.3) is 0 Å². The Morgan fingerprint density at radius 2 is 1.89 bits per heavy atom.